The largest absolute Gasteiger partial charge is 0.496 e. The summed E-state index contributed by atoms with van der Waals surface area (Å²) in [6.45, 7) is 14.3. The minimum Gasteiger partial charge on any atom is -0.496 e. The van der Waals surface area contributed by atoms with E-state index in [1.165, 1.54) is 10.5 Å². The van der Waals surface area contributed by atoms with E-state index >= 15 is 4.39 Å². The molecular weight excluding hydrogens is 568 g/mol. The molecule has 0 bridgehead atoms. The number of hydrogen-bond donors (Lipinski definition) is 1. The molecular formula is C34H47F2N3O5. The van der Waals surface area contributed by atoms with Gasteiger partial charge in [-0.1, -0.05) is 24.8 Å². The molecule has 4 rings (SSSR count). The number of aromatic amines is 1. The number of amides is 1. The molecule has 2 aliphatic heterocycles. The van der Waals surface area contributed by atoms with E-state index in [-0.39, 0.29) is 58.0 Å². The Morgan fingerprint density at radius 1 is 1.25 bits per heavy atom. The average Bonchev–Trinajstić information content (AvgIpc) is 3.31. The highest BCUT2D eigenvalue weighted by Gasteiger charge is 2.46. The second-order valence-electron chi connectivity index (χ2n) is 12.7. The topological polar surface area (TPSA) is 76.3 Å². The van der Waals surface area contributed by atoms with Crippen LogP contribution in [0.4, 0.5) is 13.6 Å². The van der Waals surface area contributed by atoms with Crippen molar-refractivity contribution in [2.45, 2.75) is 70.8 Å². The summed E-state index contributed by atoms with van der Waals surface area (Å²) in [5.74, 6) is 1.13. The van der Waals surface area contributed by atoms with Crippen LogP contribution in [0.2, 0.25) is 0 Å². The maximum absolute atomic E-state index is 15.5. The Kier molecular flexibility index (Phi) is 10.8. The van der Waals surface area contributed by atoms with E-state index in [2.05, 4.69) is 35.5 Å². The molecule has 2 aromatic rings. The monoisotopic (exact) mass is 615 g/mol. The number of H-pyrrole nitrogens is 1. The molecule has 1 aromatic carbocycles. The second kappa shape index (κ2) is 14.2. The summed E-state index contributed by atoms with van der Waals surface area (Å²) >= 11 is 0. The molecule has 1 aromatic heterocycles. The Bertz CT molecular complexity index is 1370. The Morgan fingerprint density at radius 3 is 2.61 bits per heavy atom. The smallest absolute Gasteiger partial charge is 0.410 e. The summed E-state index contributed by atoms with van der Waals surface area (Å²) in [5, 5.41) is 1.16. The molecule has 242 valence electrons. The van der Waals surface area contributed by atoms with Gasteiger partial charge in [0.2, 0.25) is 0 Å². The fourth-order valence-electron chi connectivity index (χ4n) is 5.74. The number of fused-ring (bicyclic) bond motifs is 3. The number of benzene rings is 1. The molecule has 1 fully saturated rings. The van der Waals surface area contributed by atoms with Crippen molar-refractivity contribution in [3.05, 3.63) is 71.3 Å². The highest BCUT2D eigenvalue weighted by molar-refractivity contribution is 5.85. The van der Waals surface area contributed by atoms with Crippen molar-refractivity contribution in [2.24, 2.45) is 0 Å². The lowest BCUT2D eigenvalue weighted by Crippen LogP contribution is -2.57. The van der Waals surface area contributed by atoms with Crippen LogP contribution in [0, 0.1) is 0 Å². The van der Waals surface area contributed by atoms with Gasteiger partial charge in [0, 0.05) is 41.3 Å². The fraction of sp³-hybridized carbons (Fsp3) is 0.559. The van der Waals surface area contributed by atoms with Gasteiger partial charge in [-0.2, -0.15) is 0 Å². The molecule has 8 nitrogen and oxygen atoms in total. The number of hydrogen-bond acceptors (Lipinski definition) is 6. The van der Waals surface area contributed by atoms with Crippen LogP contribution in [0.5, 0.6) is 0 Å². The van der Waals surface area contributed by atoms with E-state index in [1.54, 1.807) is 47.0 Å². The molecule has 2 atom stereocenters. The molecule has 0 spiro atoms. The maximum atomic E-state index is 15.5. The van der Waals surface area contributed by atoms with E-state index in [9.17, 15) is 9.18 Å². The number of halogens is 2. The van der Waals surface area contributed by atoms with Crippen LogP contribution < -0.4 is 0 Å². The SMILES string of the molecule is C=C(/C(=C\C=C(/C)OCCN(CCCF)C(=O)OC(C)(C)C)OC)[C@@H]1c2[nH]c3ccccc3c2C[C@@H](C)N1CC1(F)COC1. The van der Waals surface area contributed by atoms with Gasteiger partial charge >= 0.3 is 6.09 Å². The van der Waals surface area contributed by atoms with Crippen molar-refractivity contribution in [2.75, 3.05) is 53.2 Å². The maximum Gasteiger partial charge on any atom is 0.410 e. The minimum absolute atomic E-state index is 0.0562. The zero-order valence-corrected chi connectivity index (χ0v) is 26.9. The van der Waals surface area contributed by atoms with Gasteiger partial charge in [0.1, 0.15) is 18.0 Å². The number of methoxy groups -OCH3 is 1. The third kappa shape index (κ3) is 8.01. The Hall–Kier alpha value is -3.37. The van der Waals surface area contributed by atoms with Crippen molar-refractivity contribution >= 4 is 17.0 Å². The van der Waals surface area contributed by atoms with Crippen molar-refractivity contribution < 1.29 is 32.5 Å². The number of ether oxygens (including phenoxy) is 4. The predicted octanol–water partition coefficient (Wildman–Crippen LogP) is 6.80. The summed E-state index contributed by atoms with van der Waals surface area (Å²) in [7, 11) is 1.59. The average molecular weight is 616 g/mol. The van der Waals surface area contributed by atoms with Crippen molar-refractivity contribution in [1.29, 1.82) is 0 Å². The summed E-state index contributed by atoms with van der Waals surface area (Å²) in [4.78, 5) is 19.8. The van der Waals surface area contributed by atoms with Gasteiger partial charge in [0.15, 0.2) is 5.67 Å². The Labute approximate surface area is 259 Å². The minimum atomic E-state index is -1.41. The molecule has 0 radical (unpaired) electrons. The lowest BCUT2D eigenvalue weighted by Gasteiger charge is -2.46. The third-order valence-electron chi connectivity index (χ3n) is 7.95. The Balaban J connectivity index is 1.52. The van der Waals surface area contributed by atoms with Crippen LogP contribution in [0.3, 0.4) is 0 Å². The van der Waals surface area contributed by atoms with Crippen molar-refractivity contribution in [1.82, 2.24) is 14.8 Å². The van der Waals surface area contributed by atoms with Crippen LogP contribution in [-0.4, -0.2) is 91.4 Å². The van der Waals surface area contributed by atoms with Crippen LogP contribution >= 0.6 is 0 Å². The van der Waals surface area contributed by atoms with E-state index in [4.69, 9.17) is 18.9 Å². The summed E-state index contributed by atoms with van der Waals surface area (Å²) in [6.07, 6.45) is 4.08. The number of allylic oxidation sites excluding steroid dienone is 3. The molecule has 10 heteroatoms. The number of alkyl halides is 2. The van der Waals surface area contributed by atoms with E-state index in [0.29, 0.717) is 17.1 Å². The highest BCUT2D eigenvalue weighted by atomic mass is 19.1. The van der Waals surface area contributed by atoms with Crippen molar-refractivity contribution in [3.8, 4) is 0 Å². The first-order chi connectivity index (χ1) is 20.9. The van der Waals surface area contributed by atoms with Gasteiger partial charge in [-0.25, -0.2) is 9.18 Å². The van der Waals surface area contributed by atoms with Gasteiger partial charge in [-0.15, -0.1) is 0 Å². The summed E-state index contributed by atoms with van der Waals surface area (Å²) in [5.41, 5.74) is 1.87. The van der Waals surface area contributed by atoms with E-state index in [1.807, 2.05) is 12.1 Å². The summed E-state index contributed by atoms with van der Waals surface area (Å²) in [6, 6.07) is 7.91. The molecule has 2 aliphatic rings. The van der Waals surface area contributed by atoms with E-state index < -0.39 is 24.0 Å². The predicted molar refractivity (Wildman–Crippen MR) is 168 cm³/mol. The quantitative estimate of drug-likeness (QED) is 0.197. The standard InChI is InChI=1S/C34H47F2N3O5/c1-23-19-27-26-11-8-9-12-28(26)37-30(27)31(39(23)20-34(36)21-42-22-34)25(3)29(41-7)14-13-24(2)43-18-17-38(16-10-15-35)32(40)44-33(4,5)6/h8-9,11-14,23,31,37H,3,10,15-22H2,1-2,4-7H3/b24-13+,29-14+/t23-,31-/m1/s1. The lowest BCUT2D eigenvalue weighted by atomic mass is 9.86. The number of nitrogens with one attached hydrogen (secondary N) is 1. The molecule has 44 heavy (non-hydrogen) atoms. The first-order valence-electron chi connectivity index (χ1n) is 15.3. The normalized spacial score (nSPS) is 20.5. The summed E-state index contributed by atoms with van der Waals surface area (Å²) < 4.78 is 50.7. The van der Waals surface area contributed by atoms with Crippen molar-refractivity contribution in [3.63, 3.8) is 0 Å². The van der Waals surface area contributed by atoms with Crippen LogP contribution in [0.1, 0.15) is 58.3 Å². The zero-order chi connectivity index (χ0) is 32.1. The molecule has 0 unspecified atom stereocenters. The lowest BCUT2D eigenvalue weighted by molar-refractivity contribution is -0.148. The number of nitrogens with zero attached hydrogens (tertiary/aromatic N) is 2. The molecule has 1 amide bonds. The molecule has 0 aliphatic carbocycles. The first-order valence-corrected chi connectivity index (χ1v) is 15.3. The number of rotatable bonds is 13. The first kappa shape index (κ1) is 33.5. The van der Waals surface area contributed by atoms with Gasteiger partial charge in [0.25, 0.3) is 0 Å². The fourth-order valence-corrected chi connectivity index (χ4v) is 5.74. The zero-order valence-electron chi connectivity index (χ0n) is 26.9. The van der Waals surface area contributed by atoms with Gasteiger partial charge in [-0.3, -0.25) is 9.29 Å². The Morgan fingerprint density at radius 2 is 1.98 bits per heavy atom. The molecule has 1 saturated heterocycles. The van der Waals surface area contributed by atoms with Crippen LogP contribution in [-0.2, 0) is 25.4 Å². The molecule has 0 saturated carbocycles. The van der Waals surface area contributed by atoms with Crippen LogP contribution in [0.15, 0.2) is 60.1 Å². The second-order valence-corrected chi connectivity index (χ2v) is 12.7. The van der Waals surface area contributed by atoms with Gasteiger partial charge < -0.3 is 28.8 Å². The molecule has 1 N–H and O–H groups in total. The van der Waals surface area contributed by atoms with Gasteiger partial charge in [-0.05, 0) is 71.2 Å². The highest BCUT2D eigenvalue weighted by Crippen LogP contribution is 2.44. The van der Waals surface area contributed by atoms with Crippen LogP contribution in [0.25, 0.3) is 10.9 Å². The third-order valence-corrected chi connectivity index (χ3v) is 7.95. The number of carbonyl (C=O) groups excluding carboxylic acids is 1. The van der Waals surface area contributed by atoms with E-state index in [0.717, 1.165) is 23.0 Å². The number of aromatic nitrogens is 1. The van der Waals surface area contributed by atoms with Gasteiger partial charge in [0.05, 0.1) is 45.3 Å². The number of carbonyl (C=O) groups is 1. The molecule has 3 heterocycles. The number of para-hydroxylation sites is 1.